The van der Waals surface area contributed by atoms with Crippen molar-refractivity contribution in [3.63, 3.8) is 0 Å². The highest BCUT2D eigenvalue weighted by Crippen LogP contribution is 2.29. The zero-order valence-electron chi connectivity index (χ0n) is 12.2. The van der Waals surface area contributed by atoms with Gasteiger partial charge in [-0.3, -0.25) is 0 Å². The number of rotatable bonds is 5. The number of hydrogen-bond acceptors (Lipinski definition) is 3. The van der Waals surface area contributed by atoms with E-state index in [2.05, 4.69) is 11.8 Å². The molecule has 1 aliphatic carbocycles. The second kappa shape index (κ2) is 7.08. The first kappa shape index (κ1) is 16.0. The lowest BCUT2D eigenvalue weighted by Gasteiger charge is -2.31. The maximum atomic E-state index is 12.7. The average Bonchev–Trinajstić information content (AvgIpc) is 2.44. The smallest absolute Gasteiger partial charge is 0.243 e. The Morgan fingerprint density at radius 3 is 2.71 bits per heavy atom. The summed E-state index contributed by atoms with van der Waals surface area (Å²) >= 11 is 0. The third-order valence-corrected chi connectivity index (χ3v) is 5.76. The molecule has 21 heavy (non-hydrogen) atoms. The molecule has 0 heterocycles. The fraction of sp³-hybridized carbons (Fsp3) is 0.500. The molecule has 1 aliphatic rings. The monoisotopic (exact) mass is 307 g/mol. The van der Waals surface area contributed by atoms with E-state index in [1.165, 1.54) is 6.42 Å². The first-order chi connectivity index (χ1) is 10.1. The first-order valence-corrected chi connectivity index (χ1v) is 8.72. The summed E-state index contributed by atoms with van der Waals surface area (Å²) in [4.78, 5) is 0.272. The van der Waals surface area contributed by atoms with Crippen LogP contribution < -0.4 is 0 Å². The van der Waals surface area contributed by atoms with Gasteiger partial charge in [0.1, 0.15) is 6.61 Å². The molecular formula is C16H21NO3S. The van der Waals surface area contributed by atoms with Gasteiger partial charge in [-0.25, -0.2) is 8.42 Å². The SMILES string of the molecule is CCN(CC1CCC1)S(=O)(=O)c1cccc(C#CCO)c1. The van der Waals surface area contributed by atoms with Crippen LogP contribution in [0.2, 0.25) is 0 Å². The maximum absolute atomic E-state index is 12.7. The number of nitrogens with zero attached hydrogens (tertiary/aromatic N) is 1. The van der Waals surface area contributed by atoms with Gasteiger partial charge in [-0.05, 0) is 37.0 Å². The molecule has 114 valence electrons. The van der Waals surface area contributed by atoms with E-state index in [1.807, 2.05) is 6.92 Å². The lowest BCUT2D eigenvalue weighted by molar-refractivity contribution is 0.250. The van der Waals surface area contributed by atoms with Gasteiger partial charge in [0, 0.05) is 18.7 Å². The van der Waals surface area contributed by atoms with E-state index in [0.717, 1.165) is 12.8 Å². The molecule has 0 unspecified atom stereocenters. The largest absolute Gasteiger partial charge is 0.384 e. The highest BCUT2D eigenvalue weighted by Gasteiger charge is 2.28. The van der Waals surface area contributed by atoms with Crippen LogP contribution in [0.1, 0.15) is 31.7 Å². The van der Waals surface area contributed by atoms with Crippen molar-refractivity contribution in [2.75, 3.05) is 19.7 Å². The highest BCUT2D eigenvalue weighted by atomic mass is 32.2. The average molecular weight is 307 g/mol. The van der Waals surface area contributed by atoms with Gasteiger partial charge in [-0.1, -0.05) is 31.3 Å². The Kier molecular flexibility index (Phi) is 5.40. The Morgan fingerprint density at radius 1 is 1.38 bits per heavy atom. The van der Waals surface area contributed by atoms with Crippen LogP contribution in [0, 0.1) is 17.8 Å². The van der Waals surface area contributed by atoms with Gasteiger partial charge in [-0.2, -0.15) is 4.31 Å². The zero-order chi connectivity index (χ0) is 15.3. The van der Waals surface area contributed by atoms with Crippen LogP contribution in [-0.4, -0.2) is 37.5 Å². The molecule has 1 N–H and O–H groups in total. The Balaban J connectivity index is 2.24. The standard InChI is InChI=1S/C16H21NO3S/c1-2-17(13-15-7-3-8-15)21(19,20)16-10-4-6-14(12-16)9-5-11-18/h4,6,10,12,15,18H,2-3,7-8,11,13H2,1H3. The van der Waals surface area contributed by atoms with Gasteiger partial charge in [0.25, 0.3) is 0 Å². The van der Waals surface area contributed by atoms with E-state index in [0.29, 0.717) is 24.6 Å². The molecule has 2 rings (SSSR count). The fourth-order valence-corrected chi connectivity index (χ4v) is 3.96. The quantitative estimate of drug-likeness (QED) is 0.845. The van der Waals surface area contributed by atoms with Crippen LogP contribution in [0.15, 0.2) is 29.2 Å². The summed E-state index contributed by atoms with van der Waals surface area (Å²) in [6.45, 7) is 2.71. The minimum atomic E-state index is -3.47. The molecule has 0 saturated heterocycles. The summed E-state index contributed by atoms with van der Waals surface area (Å²) in [5, 5.41) is 8.72. The molecule has 0 aromatic heterocycles. The molecule has 0 spiro atoms. The summed E-state index contributed by atoms with van der Waals surface area (Å²) in [5.41, 5.74) is 0.602. The Labute approximate surface area is 126 Å². The third-order valence-electron chi connectivity index (χ3n) is 3.82. The number of aliphatic hydroxyl groups is 1. The second-order valence-electron chi connectivity index (χ2n) is 5.24. The fourth-order valence-electron chi connectivity index (χ4n) is 2.39. The molecule has 0 radical (unpaired) electrons. The molecule has 4 nitrogen and oxygen atoms in total. The van der Waals surface area contributed by atoms with Gasteiger partial charge in [0.2, 0.25) is 10.0 Å². The van der Waals surface area contributed by atoms with Crippen molar-refractivity contribution < 1.29 is 13.5 Å². The Hall–Kier alpha value is -1.35. The van der Waals surface area contributed by atoms with Crippen molar-refractivity contribution in [1.29, 1.82) is 0 Å². The van der Waals surface area contributed by atoms with Crippen LogP contribution >= 0.6 is 0 Å². The van der Waals surface area contributed by atoms with Crippen LogP contribution in [0.4, 0.5) is 0 Å². The summed E-state index contributed by atoms with van der Waals surface area (Å²) in [6, 6.07) is 6.60. The van der Waals surface area contributed by atoms with Crippen LogP contribution in [-0.2, 0) is 10.0 Å². The summed E-state index contributed by atoms with van der Waals surface area (Å²) in [7, 11) is -3.47. The van der Waals surface area contributed by atoms with Crippen molar-refractivity contribution in [2.45, 2.75) is 31.1 Å². The maximum Gasteiger partial charge on any atom is 0.243 e. The van der Waals surface area contributed by atoms with Crippen molar-refractivity contribution in [3.8, 4) is 11.8 Å². The van der Waals surface area contributed by atoms with Gasteiger partial charge in [0.05, 0.1) is 4.90 Å². The van der Waals surface area contributed by atoms with E-state index in [1.54, 1.807) is 28.6 Å². The first-order valence-electron chi connectivity index (χ1n) is 7.28. The number of sulfonamides is 1. The van der Waals surface area contributed by atoms with E-state index in [4.69, 9.17) is 5.11 Å². The lowest BCUT2D eigenvalue weighted by atomic mass is 9.85. The molecule has 0 amide bonds. The molecule has 5 heteroatoms. The third kappa shape index (κ3) is 3.85. The number of aliphatic hydroxyl groups excluding tert-OH is 1. The molecular weight excluding hydrogens is 286 g/mol. The predicted molar refractivity (Wildman–Crippen MR) is 82.2 cm³/mol. The van der Waals surface area contributed by atoms with Crippen LogP contribution in [0.3, 0.4) is 0 Å². The minimum Gasteiger partial charge on any atom is -0.384 e. The molecule has 1 fully saturated rings. The predicted octanol–water partition coefficient (Wildman–Crippen LogP) is 1.84. The molecule has 1 saturated carbocycles. The van der Waals surface area contributed by atoms with Gasteiger partial charge < -0.3 is 5.11 Å². The van der Waals surface area contributed by atoms with Crippen molar-refractivity contribution in [3.05, 3.63) is 29.8 Å². The van der Waals surface area contributed by atoms with Crippen LogP contribution in [0.25, 0.3) is 0 Å². The van der Waals surface area contributed by atoms with Gasteiger partial charge >= 0.3 is 0 Å². The van der Waals surface area contributed by atoms with Gasteiger partial charge in [0.15, 0.2) is 0 Å². The highest BCUT2D eigenvalue weighted by molar-refractivity contribution is 7.89. The second-order valence-corrected chi connectivity index (χ2v) is 7.18. The normalized spacial score (nSPS) is 15.4. The molecule has 1 aromatic carbocycles. The molecule has 0 aliphatic heterocycles. The molecule has 0 bridgehead atoms. The van der Waals surface area contributed by atoms with Crippen molar-refractivity contribution in [2.24, 2.45) is 5.92 Å². The Bertz CT molecular complexity index is 639. The Morgan fingerprint density at radius 2 is 2.14 bits per heavy atom. The van der Waals surface area contributed by atoms with Crippen LogP contribution in [0.5, 0.6) is 0 Å². The zero-order valence-corrected chi connectivity index (χ0v) is 13.1. The summed E-state index contributed by atoms with van der Waals surface area (Å²) < 4.78 is 26.9. The molecule has 1 aromatic rings. The van der Waals surface area contributed by atoms with Crippen molar-refractivity contribution in [1.82, 2.24) is 4.31 Å². The minimum absolute atomic E-state index is 0.236. The topological polar surface area (TPSA) is 57.6 Å². The van der Waals surface area contributed by atoms with Crippen molar-refractivity contribution >= 4 is 10.0 Å². The lowest BCUT2D eigenvalue weighted by Crippen LogP contribution is -2.37. The van der Waals surface area contributed by atoms with E-state index in [-0.39, 0.29) is 11.5 Å². The van der Waals surface area contributed by atoms with E-state index in [9.17, 15) is 8.42 Å². The number of benzene rings is 1. The van der Waals surface area contributed by atoms with E-state index < -0.39 is 10.0 Å². The van der Waals surface area contributed by atoms with Gasteiger partial charge in [-0.15, -0.1) is 0 Å². The van der Waals surface area contributed by atoms with E-state index >= 15 is 0 Å². The number of hydrogen-bond donors (Lipinski definition) is 1. The summed E-state index contributed by atoms with van der Waals surface area (Å²) in [5.74, 6) is 5.78. The molecule has 0 atom stereocenters. The summed E-state index contributed by atoms with van der Waals surface area (Å²) in [6.07, 6.45) is 3.44.